The minimum absolute atomic E-state index is 0.400. The van der Waals surface area contributed by atoms with E-state index in [0.717, 1.165) is 21.5 Å². The van der Waals surface area contributed by atoms with Gasteiger partial charge in [0.2, 0.25) is 0 Å². The van der Waals surface area contributed by atoms with E-state index in [0.29, 0.717) is 16.4 Å². The lowest BCUT2D eigenvalue weighted by molar-refractivity contribution is -0.125. The largest absolute Gasteiger partial charge is 0.448 e. The maximum Gasteiger partial charge on any atom is 0.349 e. The van der Waals surface area contributed by atoms with E-state index in [1.807, 2.05) is 35.9 Å². The molecule has 0 saturated heterocycles. The Labute approximate surface area is 153 Å². The summed E-state index contributed by atoms with van der Waals surface area (Å²) in [5, 5.41) is 6.05. The normalized spacial score (nSPS) is 12.3. The molecule has 130 valence electrons. The van der Waals surface area contributed by atoms with Gasteiger partial charge in [0.05, 0.1) is 12.2 Å². The highest BCUT2D eigenvalue weighted by molar-refractivity contribution is 7.20. The molecule has 2 aromatic heterocycles. The molecule has 8 heteroatoms. The third-order valence-electron chi connectivity index (χ3n) is 3.77. The Kier molecular flexibility index (Phi) is 4.78. The van der Waals surface area contributed by atoms with Crippen LogP contribution in [0.1, 0.15) is 27.9 Å². The highest BCUT2D eigenvalue weighted by Crippen LogP contribution is 2.30. The second kappa shape index (κ2) is 6.85. The monoisotopic (exact) mass is 377 g/mol. The second-order valence-electron chi connectivity index (χ2n) is 5.61. The Morgan fingerprint density at radius 2 is 2.12 bits per heavy atom. The molecule has 1 amide bonds. The summed E-state index contributed by atoms with van der Waals surface area (Å²) in [6.07, 6.45) is -0.974. The fourth-order valence-electron chi connectivity index (χ4n) is 2.39. The van der Waals surface area contributed by atoms with Crippen molar-refractivity contribution in [2.75, 3.05) is 0 Å². The van der Waals surface area contributed by atoms with Crippen LogP contribution < -0.4 is 5.73 Å². The van der Waals surface area contributed by atoms with Gasteiger partial charge in [-0.15, -0.1) is 11.3 Å². The number of fused-ring (bicyclic) bond motifs is 1. The number of amides is 1. The number of rotatable bonds is 5. The van der Waals surface area contributed by atoms with E-state index in [9.17, 15) is 9.59 Å². The number of ether oxygens (including phenoxy) is 1. The van der Waals surface area contributed by atoms with Gasteiger partial charge in [-0.1, -0.05) is 29.8 Å². The molecule has 1 aromatic carbocycles. The van der Waals surface area contributed by atoms with Crippen LogP contribution in [0, 0.1) is 6.92 Å². The first kappa shape index (κ1) is 17.4. The summed E-state index contributed by atoms with van der Waals surface area (Å²) in [6, 6.07) is 9.27. The highest BCUT2D eigenvalue weighted by Gasteiger charge is 2.21. The van der Waals surface area contributed by atoms with Gasteiger partial charge in [-0.3, -0.25) is 9.48 Å². The van der Waals surface area contributed by atoms with Crippen molar-refractivity contribution in [2.45, 2.75) is 26.5 Å². The number of thiophene rings is 1. The molecule has 0 bridgehead atoms. The quantitative estimate of drug-likeness (QED) is 0.692. The van der Waals surface area contributed by atoms with Gasteiger partial charge >= 0.3 is 5.97 Å². The van der Waals surface area contributed by atoms with Gasteiger partial charge in [0.25, 0.3) is 5.91 Å². The van der Waals surface area contributed by atoms with Crippen LogP contribution in [0.4, 0.5) is 0 Å². The van der Waals surface area contributed by atoms with Crippen molar-refractivity contribution in [2.24, 2.45) is 5.73 Å². The summed E-state index contributed by atoms with van der Waals surface area (Å²) >= 11 is 7.48. The molecule has 0 spiro atoms. The molecule has 0 aliphatic heterocycles. The number of nitrogens with zero attached hydrogens (tertiary/aromatic N) is 2. The third-order valence-corrected chi connectivity index (χ3v) is 5.27. The van der Waals surface area contributed by atoms with Crippen LogP contribution in [-0.2, 0) is 16.1 Å². The van der Waals surface area contributed by atoms with Gasteiger partial charge in [0.15, 0.2) is 6.10 Å². The van der Waals surface area contributed by atoms with Crippen LogP contribution in [0.3, 0.4) is 0 Å². The predicted molar refractivity (Wildman–Crippen MR) is 97.0 cm³/mol. The predicted octanol–water partition coefficient (Wildman–Crippen LogP) is 3.14. The zero-order chi connectivity index (χ0) is 18.1. The number of benzene rings is 1. The molecule has 0 fully saturated rings. The standard InChI is InChI=1S/C17H16ClN3O3S/c1-9-12-7-14(17(23)24-10(2)15(19)22)25-16(12)21(20-9)8-11-5-3-4-6-13(11)18/h3-7,10H,8H2,1-2H3,(H2,19,22)/t10-/m1/s1. The number of nitrogens with two attached hydrogens (primary N) is 1. The number of carbonyl (C=O) groups excluding carboxylic acids is 2. The van der Waals surface area contributed by atoms with Crippen LogP contribution >= 0.6 is 22.9 Å². The summed E-state index contributed by atoms with van der Waals surface area (Å²) in [5.74, 6) is -1.26. The second-order valence-corrected chi connectivity index (χ2v) is 7.05. The van der Waals surface area contributed by atoms with E-state index in [1.54, 1.807) is 6.07 Å². The number of aryl methyl sites for hydroxylation is 1. The molecular weight excluding hydrogens is 362 g/mol. The fourth-order valence-corrected chi connectivity index (χ4v) is 3.62. The SMILES string of the molecule is Cc1nn(Cc2ccccc2Cl)c2sc(C(=O)O[C@H](C)C(N)=O)cc12. The number of hydrogen-bond acceptors (Lipinski definition) is 5. The molecule has 2 heterocycles. The first-order valence-corrected chi connectivity index (χ1v) is 8.77. The van der Waals surface area contributed by atoms with E-state index in [-0.39, 0.29) is 0 Å². The average Bonchev–Trinajstić information content (AvgIpc) is 3.11. The van der Waals surface area contributed by atoms with E-state index >= 15 is 0 Å². The molecule has 0 aliphatic rings. The molecule has 0 saturated carbocycles. The fraction of sp³-hybridized carbons (Fsp3) is 0.235. The topological polar surface area (TPSA) is 87.2 Å². The molecule has 0 unspecified atom stereocenters. The molecule has 1 atom stereocenters. The number of aromatic nitrogens is 2. The Morgan fingerprint density at radius 3 is 2.80 bits per heavy atom. The van der Waals surface area contributed by atoms with Crippen LogP contribution in [0.25, 0.3) is 10.2 Å². The molecule has 0 aliphatic carbocycles. The first-order valence-electron chi connectivity index (χ1n) is 7.57. The third kappa shape index (κ3) is 3.52. The lowest BCUT2D eigenvalue weighted by Crippen LogP contribution is -2.30. The van der Waals surface area contributed by atoms with E-state index < -0.39 is 18.0 Å². The molecule has 25 heavy (non-hydrogen) atoms. The van der Waals surface area contributed by atoms with Crippen LogP contribution in [0.5, 0.6) is 0 Å². The van der Waals surface area contributed by atoms with Crippen LogP contribution in [-0.4, -0.2) is 27.8 Å². The average molecular weight is 378 g/mol. The summed E-state index contributed by atoms with van der Waals surface area (Å²) in [6.45, 7) is 3.81. The van der Waals surface area contributed by atoms with E-state index in [1.165, 1.54) is 18.3 Å². The molecule has 0 radical (unpaired) electrons. The summed E-state index contributed by atoms with van der Waals surface area (Å²) < 4.78 is 6.87. The minimum Gasteiger partial charge on any atom is -0.448 e. The molecular formula is C17H16ClN3O3S. The molecule has 2 N–H and O–H groups in total. The smallest absolute Gasteiger partial charge is 0.349 e. The van der Waals surface area contributed by atoms with Gasteiger partial charge < -0.3 is 10.5 Å². The van der Waals surface area contributed by atoms with Gasteiger partial charge in [-0.05, 0) is 31.5 Å². The van der Waals surface area contributed by atoms with Gasteiger partial charge in [-0.2, -0.15) is 5.10 Å². The lowest BCUT2D eigenvalue weighted by Gasteiger charge is -2.08. The van der Waals surface area contributed by atoms with Gasteiger partial charge in [0.1, 0.15) is 9.71 Å². The zero-order valence-corrected chi connectivity index (χ0v) is 15.2. The van der Waals surface area contributed by atoms with Crippen LogP contribution in [0.2, 0.25) is 5.02 Å². The Bertz CT molecular complexity index is 963. The lowest BCUT2D eigenvalue weighted by atomic mass is 10.2. The summed E-state index contributed by atoms with van der Waals surface area (Å²) in [4.78, 5) is 24.5. The van der Waals surface area contributed by atoms with Gasteiger partial charge in [0, 0.05) is 10.4 Å². The number of esters is 1. The van der Waals surface area contributed by atoms with E-state index in [2.05, 4.69) is 5.10 Å². The first-order chi connectivity index (χ1) is 11.9. The minimum atomic E-state index is -0.974. The van der Waals surface area contributed by atoms with E-state index in [4.69, 9.17) is 22.1 Å². The van der Waals surface area contributed by atoms with Crippen molar-refractivity contribution in [3.63, 3.8) is 0 Å². The van der Waals surface area contributed by atoms with Crippen molar-refractivity contribution < 1.29 is 14.3 Å². The van der Waals surface area contributed by atoms with Crippen molar-refractivity contribution in [3.8, 4) is 0 Å². The molecule has 3 aromatic rings. The molecule has 3 rings (SSSR count). The zero-order valence-electron chi connectivity index (χ0n) is 13.7. The number of carbonyl (C=O) groups is 2. The Balaban J connectivity index is 1.92. The summed E-state index contributed by atoms with van der Waals surface area (Å²) in [5.41, 5.74) is 6.87. The number of halogens is 1. The Hall–Kier alpha value is -2.38. The maximum atomic E-state index is 12.2. The van der Waals surface area contributed by atoms with Crippen molar-refractivity contribution in [3.05, 3.63) is 51.5 Å². The Morgan fingerprint density at radius 1 is 1.40 bits per heavy atom. The maximum absolute atomic E-state index is 12.2. The van der Waals surface area contributed by atoms with Crippen molar-refractivity contribution in [1.29, 1.82) is 0 Å². The van der Waals surface area contributed by atoms with Crippen molar-refractivity contribution >= 4 is 45.0 Å². The summed E-state index contributed by atoms with van der Waals surface area (Å²) in [7, 11) is 0. The van der Waals surface area contributed by atoms with Crippen molar-refractivity contribution in [1.82, 2.24) is 9.78 Å². The van der Waals surface area contributed by atoms with Crippen LogP contribution in [0.15, 0.2) is 30.3 Å². The number of primary amides is 1. The molecule has 6 nitrogen and oxygen atoms in total. The number of hydrogen-bond donors (Lipinski definition) is 1. The van der Waals surface area contributed by atoms with Gasteiger partial charge in [-0.25, -0.2) is 4.79 Å². The highest BCUT2D eigenvalue weighted by atomic mass is 35.5.